The summed E-state index contributed by atoms with van der Waals surface area (Å²) in [7, 11) is 0. The van der Waals surface area contributed by atoms with E-state index in [0.29, 0.717) is 0 Å². The number of nitrogens with one attached hydrogen (secondary N) is 1. The molecule has 0 aliphatic carbocycles. The zero-order chi connectivity index (χ0) is 9.80. The summed E-state index contributed by atoms with van der Waals surface area (Å²) >= 11 is 0. The first-order valence-corrected chi connectivity index (χ1v) is 5.30. The van der Waals surface area contributed by atoms with E-state index in [-0.39, 0.29) is 0 Å². The number of nitrogens with zero attached hydrogens (tertiary/aromatic N) is 2. The molecule has 0 atom stereocenters. The van der Waals surface area contributed by atoms with Crippen molar-refractivity contribution in [2.75, 3.05) is 24.5 Å². The van der Waals surface area contributed by atoms with Crippen LogP contribution < -0.4 is 10.2 Å². The SMILES string of the molecule is CCNCc1coc(N2CCCC2)n1. The van der Waals surface area contributed by atoms with Crippen LogP contribution in [0.2, 0.25) is 0 Å². The minimum atomic E-state index is 0.787. The highest BCUT2D eigenvalue weighted by atomic mass is 16.4. The average Bonchev–Trinajstić information content (AvgIpc) is 2.85. The van der Waals surface area contributed by atoms with E-state index in [1.165, 1.54) is 12.8 Å². The number of oxazole rings is 1. The lowest BCUT2D eigenvalue weighted by atomic mass is 10.4. The van der Waals surface area contributed by atoms with Crippen molar-refractivity contribution in [3.63, 3.8) is 0 Å². The van der Waals surface area contributed by atoms with Crippen molar-refractivity contribution >= 4 is 6.01 Å². The van der Waals surface area contributed by atoms with Gasteiger partial charge >= 0.3 is 0 Å². The van der Waals surface area contributed by atoms with Crippen LogP contribution in [0.4, 0.5) is 6.01 Å². The molecule has 1 aliphatic rings. The summed E-state index contributed by atoms with van der Waals surface area (Å²) in [4.78, 5) is 6.63. The standard InChI is InChI=1S/C10H17N3O/c1-2-11-7-9-8-14-10(12-9)13-5-3-4-6-13/h8,11H,2-7H2,1H3. The second-order valence-corrected chi connectivity index (χ2v) is 3.60. The lowest BCUT2D eigenvalue weighted by Gasteiger charge is -2.10. The maximum absolute atomic E-state index is 5.42. The summed E-state index contributed by atoms with van der Waals surface area (Å²) in [6, 6.07) is 0.787. The molecule has 0 amide bonds. The Hall–Kier alpha value is -1.03. The Morgan fingerprint density at radius 1 is 1.50 bits per heavy atom. The van der Waals surface area contributed by atoms with E-state index in [0.717, 1.165) is 37.9 Å². The Morgan fingerprint density at radius 2 is 2.29 bits per heavy atom. The van der Waals surface area contributed by atoms with Gasteiger partial charge in [-0.15, -0.1) is 0 Å². The van der Waals surface area contributed by atoms with E-state index >= 15 is 0 Å². The van der Waals surface area contributed by atoms with Gasteiger partial charge in [0.1, 0.15) is 6.26 Å². The Labute approximate surface area is 84.3 Å². The van der Waals surface area contributed by atoms with Crippen LogP contribution in [0.3, 0.4) is 0 Å². The van der Waals surface area contributed by atoms with Gasteiger partial charge in [0.15, 0.2) is 0 Å². The zero-order valence-electron chi connectivity index (χ0n) is 8.62. The van der Waals surface area contributed by atoms with E-state index in [4.69, 9.17) is 4.42 Å². The number of hydrogen-bond acceptors (Lipinski definition) is 4. The molecule has 0 aromatic carbocycles. The molecule has 2 rings (SSSR count). The quantitative estimate of drug-likeness (QED) is 0.788. The van der Waals surface area contributed by atoms with Crippen LogP contribution in [0.25, 0.3) is 0 Å². The molecule has 1 fully saturated rings. The highest BCUT2D eigenvalue weighted by molar-refractivity contribution is 5.28. The Bertz CT molecular complexity index is 279. The molecule has 0 unspecified atom stereocenters. The van der Waals surface area contributed by atoms with Crippen LogP contribution in [-0.4, -0.2) is 24.6 Å². The lowest BCUT2D eigenvalue weighted by Crippen LogP contribution is -2.18. The van der Waals surface area contributed by atoms with Gasteiger partial charge in [-0.1, -0.05) is 6.92 Å². The van der Waals surface area contributed by atoms with Gasteiger partial charge in [-0.25, -0.2) is 0 Å². The fourth-order valence-corrected chi connectivity index (χ4v) is 1.68. The van der Waals surface area contributed by atoms with Gasteiger partial charge < -0.3 is 14.6 Å². The highest BCUT2D eigenvalue weighted by Gasteiger charge is 2.16. The molecule has 0 bridgehead atoms. The predicted octanol–water partition coefficient (Wildman–Crippen LogP) is 1.38. The van der Waals surface area contributed by atoms with E-state index in [1.54, 1.807) is 6.26 Å². The largest absolute Gasteiger partial charge is 0.432 e. The summed E-state index contributed by atoms with van der Waals surface area (Å²) < 4.78 is 5.42. The van der Waals surface area contributed by atoms with Crippen molar-refractivity contribution in [3.8, 4) is 0 Å². The maximum atomic E-state index is 5.42. The van der Waals surface area contributed by atoms with Gasteiger partial charge in [0, 0.05) is 19.6 Å². The smallest absolute Gasteiger partial charge is 0.297 e. The summed E-state index contributed by atoms with van der Waals surface area (Å²) in [5.41, 5.74) is 0.994. The minimum Gasteiger partial charge on any atom is -0.432 e. The normalized spacial score (nSPS) is 16.5. The molecule has 1 aromatic heterocycles. The molecule has 0 saturated carbocycles. The summed E-state index contributed by atoms with van der Waals surface area (Å²) in [6.45, 7) is 6.02. The molecule has 1 saturated heterocycles. The van der Waals surface area contributed by atoms with Gasteiger partial charge in [0.2, 0.25) is 0 Å². The van der Waals surface area contributed by atoms with Crippen molar-refractivity contribution in [3.05, 3.63) is 12.0 Å². The van der Waals surface area contributed by atoms with Crippen LogP contribution >= 0.6 is 0 Å². The first-order valence-electron chi connectivity index (χ1n) is 5.30. The van der Waals surface area contributed by atoms with E-state index in [2.05, 4.69) is 22.1 Å². The minimum absolute atomic E-state index is 0.787. The lowest BCUT2D eigenvalue weighted by molar-refractivity contribution is 0.545. The van der Waals surface area contributed by atoms with Crippen LogP contribution in [0.1, 0.15) is 25.5 Å². The van der Waals surface area contributed by atoms with E-state index in [1.807, 2.05) is 0 Å². The molecule has 0 radical (unpaired) electrons. The molecule has 1 aromatic rings. The summed E-state index contributed by atoms with van der Waals surface area (Å²) in [5, 5.41) is 3.23. The van der Waals surface area contributed by atoms with Crippen LogP contribution in [0, 0.1) is 0 Å². The zero-order valence-corrected chi connectivity index (χ0v) is 8.62. The molecule has 4 heteroatoms. The van der Waals surface area contributed by atoms with Crippen molar-refractivity contribution in [1.82, 2.24) is 10.3 Å². The van der Waals surface area contributed by atoms with E-state index < -0.39 is 0 Å². The molecule has 2 heterocycles. The van der Waals surface area contributed by atoms with Crippen molar-refractivity contribution in [2.24, 2.45) is 0 Å². The first kappa shape index (κ1) is 9.52. The average molecular weight is 195 g/mol. The summed E-state index contributed by atoms with van der Waals surface area (Å²) in [5.74, 6) is 0. The Morgan fingerprint density at radius 3 is 3.00 bits per heavy atom. The monoisotopic (exact) mass is 195 g/mol. The van der Waals surface area contributed by atoms with Crippen LogP contribution in [0.15, 0.2) is 10.7 Å². The second kappa shape index (κ2) is 4.46. The second-order valence-electron chi connectivity index (χ2n) is 3.60. The van der Waals surface area contributed by atoms with E-state index in [9.17, 15) is 0 Å². The van der Waals surface area contributed by atoms with Gasteiger partial charge in [-0.3, -0.25) is 0 Å². The molecule has 0 spiro atoms. The molecule has 14 heavy (non-hydrogen) atoms. The van der Waals surface area contributed by atoms with Gasteiger partial charge in [0.05, 0.1) is 5.69 Å². The molecule has 78 valence electrons. The van der Waals surface area contributed by atoms with Gasteiger partial charge in [-0.05, 0) is 19.4 Å². The number of rotatable bonds is 4. The van der Waals surface area contributed by atoms with Crippen molar-refractivity contribution in [2.45, 2.75) is 26.3 Å². The van der Waals surface area contributed by atoms with Crippen molar-refractivity contribution in [1.29, 1.82) is 0 Å². The van der Waals surface area contributed by atoms with Crippen LogP contribution in [0.5, 0.6) is 0 Å². The highest BCUT2D eigenvalue weighted by Crippen LogP contribution is 2.18. The Kier molecular flexibility index (Phi) is 3.03. The van der Waals surface area contributed by atoms with Gasteiger partial charge in [0.25, 0.3) is 6.01 Å². The third-order valence-electron chi connectivity index (χ3n) is 2.47. The molecule has 1 aliphatic heterocycles. The molecular weight excluding hydrogens is 178 g/mol. The first-order chi connectivity index (χ1) is 6.90. The molecule has 1 N–H and O–H groups in total. The fourth-order valence-electron chi connectivity index (χ4n) is 1.68. The fraction of sp³-hybridized carbons (Fsp3) is 0.700. The predicted molar refractivity (Wildman–Crippen MR) is 55.3 cm³/mol. The summed E-state index contributed by atoms with van der Waals surface area (Å²) in [6.07, 6.45) is 4.26. The number of anilines is 1. The molecular formula is C10H17N3O. The maximum Gasteiger partial charge on any atom is 0.297 e. The third-order valence-corrected chi connectivity index (χ3v) is 2.47. The number of aromatic nitrogens is 1. The van der Waals surface area contributed by atoms with Crippen LogP contribution in [-0.2, 0) is 6.54 Å². The third kappa shape index (κ3) is 2.07. The van der Waals surface area contributed by atoms with Gasteiger partial charge in [-0.2, -0.15) is 4.98 Å². The van der Waals surface area contributed by atoms with Crippen molar-refractivity contribution < 1.29 is 4.42 Å². The topological polar surface area (TPSA) is 41.3 Å². The molecule has 4 nitrogen and oxygen atoms in total. The number of hydrogen-bond donors (Lipinski definition) is 1. The Balaban J connectivity index is 1.94.